The molecule has 0 aromatic heterocycles. The third-order valence-electron chi connectivity index (χ3n) is 2.22. The van der Waals surface area contributed by atoms with Crippen molar-refractivity contribution in [2.45, 2.75) is 55.4 Å². The molecule has 1 heteroatoms. The standard InChI is InChI=1S/C11H14O.2C2H6.C2H4/c1-7-5-9(3)11(10(4)12)6-8(7)2;3*1-2/h5-6H,1-4H3;2*1-2H3;1-2H2. The molecule has 0 N–H and O–H groups in total. The minimum absolute atomic E-state index is 0.149. The molecular formula is C17H30O. The van der Waals surface area contributed by atoms with Crippen LogP contribution in [0.3, 0.4) is 0 Å². The van der Waals surface area contributed by atoms with E-state index in [1.165, 1.54) is 11.1 Å². The molecule has 0 radical (unpaired) electrons. The van der Waals surface area contributed by atoms with E-state index in [2.05, 4.69) is 26.1 Å². The molecular weight excluding hydrogens is 220 g/mol. The van der Waals surface area contributed by atoms with Gasteiger partial charge >= 0.3 is 0 Å². The van der Waals surface area contributed by atoms with Crippen molar-refractivity contribution in [3.63, 3.8) is 0 Å². The van der Waals surface area contributed by atoms with Gasteiger partial charge in [-0.3, -0.25) is 4.79 Å². The fourth-order valence-electron chi connectivity index (χ4n) is 1.34. The number of aryl methyl sites for hydroxylation is 3. The first kappa shape index (κ1) is 21.9. The van der Waals surface area contributed by atoms with Crippen molar-refractivity contribution < 1.29 is 4.79 Å². The van der Waals surface area contributed by atoms with Gasteiger partial charge in [0.2, 0.25) is 0 Å². The number of Topliss-reactive ketones (excluding diaryl/α,β-unsaturated/α-hetero) is 1. The summed E-state index contributed by atoms with van der Waals surface area (Å²) in [5.41, 5.74) is 4.35. The Morgan fingerprint density at radius 1 is 0.833 bits per heavy atom. The monoisotopic (exact) mass is 250 g/mol. The van der Waals surface area contributed by atoms with E-state index in [4.69, 9.17) is 0 Å². The summed E-state index contributed by atoms with van der Waals surface area (Å²) in [5.74, 6) is 0.149. The van der Waals surface area contributed by atoms with Crippen LogP contribution in [-0.2, 0) is 0 Å². The fourth-order valence-corrected chi connectivity index (χ4v) is 1.34. The van der Waals surface area contributed by atoms with Gasteiger partial charge in [-0.05, 0) is 50.5 Å². The van der Waals surface area contributed by atoms with Crippen molar-refractivity contribution in [2.24, 2.45) is 0 Å². The van der Waals surface area contributed by atoms with Crippen molar-refractivity contribution in [1.82, 2.24) is 0 Å². The molecule has 0 saturated heterocycles. The number of rotatable bonds is 1. The average Bonchev–Trinajstić information content (AvgIpc) is 2.40. The Morgan fingerprint density at radius 3 is 1.50 bits per heavy atom. The van der Waals surface area contributed by atoms with Gasteiger partial charge in [0.05, 0.1) is 0 Å². The molecule has 0 heterocycles. The molecule has 0 aliphatic heterocycles. The number of carbonyl (C=O) groups is 1. The van der Waals surface area contributed by atoms with Gasteiger partial charge in [0.1, 0.15) is 0 Å². The molecule has 1 nitrogen and oxygen atoms in total. The highest BCUT2D eigenvalue weighted by Gasteiger charge is 2.04. The summed E-state index contributed by atoms with van der Waals surface area (Å²) in [4.78, 5) is 11.1. The zero-order valence-electron chi connectivity index (χ0n) is 13.5. The van der Waals surface area contributed by atoms with Crippen LogP contribution in [0.25, 0.3) is 0 Å². The summed E-state index contributed by atoms with van der Waals surface area (Å²) in [6.45, 7) is 21.7. The molecule has 0 atom stereocenters. The highest BCUT2D eigenvalue weighted by atomic mass is 16.1. The third kappa shape index (κ3) is 7.83. The predicted molar refractivity (Wildman–Crippen MR) is 84.6 cm³/mol. The molecule has 0 amide bonds. The molecule has 0 aliphatic carbocycles. The lowest BCUT2D eigenvalue weighted by molar-refractivity contribution is 0.101. The lowest BCUT2D eigenvalue weighted by Gasteiger charge is -2.06. The third-order valence-corrected chi connectivity index (χ3v) is 2.22. The molecule has 0 aliphatic rings. The summed E-state index contributed by atoms with van der Waals surface area (Å²) >= 11 is 0. The van der Waals surface area contributed by atoms with Crippen LogP contribution in [-0.4, -0.2) is 5.78 Å². The number of benzene rings is 1. The minimum Gasteiger partial charge on any atom is -0.295 e. The largest absolute Gasteiger partial charge is 0.295 e. The predicted octanol–water partition coefficient (Wildman–Crippen LogP) is 5.67. The first-order valence-corrected chi connectivity index (χ1v) is 6.61. The van der Waals surface area contributed by atoms with Gasteiger partial charge in [-0.2, -0.15) is 0 Å². The molecule has 0 unspecified atom stereocenters. The van der Waals surface area contributed by atoms with Crippen LogP contribution in [0.1, 0.15) is 61.7 Å². The van der Waals surface area contributed by atoms with Crippen LogP contribution < -0.4 is 0 Å². The van der Waals surface area contributed by atoms with Crippen LogP contribution in [0.5, 0.6) is 0 Å². The normalized spacial score (nSPS) is 7.56. The van der Waals surface area contributed by atoms with Gasteiger partial charge in [-0.15, -0.1) is 13.2 Å². The Balaban J connectivity index is -0.000000328. The Bertz CT molecular complexity index is 338. The number of ketones is 1. The first-order chi connectivity index (χ1) is 8.52. The Labute approximate surface area is 114 Å². The van der Waals surface area contributed by atoms with Crippen molar-refractivity contribution in [3.05, 3.63) is 47.5 Å². The van der Waals surface area contributed by atoms with Crippen molar-refractivity contribution in [3.8, 4) is 0 Å². The molecule has 0 fully saturated rings. The summed E-state index contributed by atoms with van der Waals surface area (Å²) in [7, 11) is 0. The molecule has 1 aromatic carbocycles. The summed E-state index contributed by atoms with van der Waals surface area (Å²) in [6.07, 6.45) is 0. The lowest BCUT2D eigenvalue weighted by atomic mass is 9.99. The minimum atomic E-state index is 0.149. The van der Waals surface area contributed by atoms with E-state index in [1.54, 1.807) is 6.92 Å². The number of hydrogen-bond donors (Lipinski definition) is 0. The molecule has 18 heavy (non-hydrogen) atoms. The summed E-state index contributed by atoms with van der Waals surface area (Å²) in [6, 6.07) is 4.03. The van der Waals surface area contributed by atoms with Gasteiger partial charge in [0.15, 0.2) is 5.78 Å². The molecule has 104 valence electrons. The van der Waals surface area contributed by atoms with Gasteiger partial charge < -0.3 is 0 Å². The first-order valence-electron chi connectivity index (χ1n) is 6.61. The van der Waals surface area contributed by atoms with Crippen LogP contribution in [0.15, 0.2) is 25.3 Å². The zero-order valence-corrected chi connectivity index (χ0v) is 13.5. The summed E-state index contributed by atoms with van der Waals surface area (Å²) in [5, 5.41) is 0. The van der Waals surface area contributed by atoms with Crippen LogP contribution >= 0.6 is 0 Å². The quantitative estimate of drug-likeness (QED) is 0.463. The zero-order chi connectivity index (χ0) is 15.3. The number of carbonyl (C=O) groups excluding carboxylic acids is 1. The van der Waals surface area contributed by atoms with Crippen molar-refractivity contribution >= 4 is 5.78 Å². The van der Waals surface area contributed by atoms with Gasteiger partial charge in [0.25, 0.3) is 0 Å². The van der Waals surface area contributed by atoms with Crippen LogP contribution in [0.4, 0.5) is 0 Å². The highest BCUT2D eigenvalue weighted by Crippen LogP contribution is 2.15. The second kappa shape index (κ2) is 13.7. The average molecular weight is 250 g/mol. The van der Waals surface area contributed by atoms with Crippen molar-refractivity contribution in [2.75, 3.05) is 0 Å². The Morgan fingerprint density at radius 2 is 1.17 bits per heavy atom. The molecule has 0 saturated carbocycles. The van der Waals surface area contributed by atoms with E-state index >= 15 is 0 Å². The second-order valence-electron chi connectivity index (χ2n) is 3.31. The van der Waals surface area contributed by atoms with E-state index in [9.17, 15) is 4.79 Å². The maximum atomic E-state index is 11.1. The topological polar surface area (TPSA) is 17.1 Å². The SMILES string of the molecule is C=C.CC.CC.CC(=O)c1cc(C)c(C)cc1C. The Hall–Kier alpha value is -1.37. The molecule has 0 spiro atoms. The van der Waals surface area contributed by atoms with E-state index in [-0.39, 0.29) is 5.78 Å². The summed E-state index contributed by atoms with van der Waals surface area (Å²) < 4.78 is 0. The van der Waals surface area contributed by atoms with Crippen LogP contribution in [0.2, 0.25) is 0 Å². The fraction of sp³-hybridized carbons (Fsp3) is 0.471. The van der Waals surface area contributed by atoms with Gasteiger partial charge in [-0.1, -0.05) is 33.8 Å². The lowest BCUT2D eigenvalue weighted by Crippen LogP contribution is -1.97. The highest BCUT2D eigenvalue weighted by molar-refractivity contribution is 5.95. The van der Waals surface area contributed by atoms with E-state index in [0.717, 1.165) is 11.1 Å². The molecule has 1 rings (SSSR count). The number of hydrogen-bond acceptors (Lipinski definition) is 1. The maximum Gasteiger partial charge on any atom is 0.160 e. The van der Waals surface area contributed by atoms with Crippen molar-refractivity contribution in [1.29, 1.82) is 0 Å². The second-order valence-corrected chi connectivity index (χ2v) is 3.31. The van der Waals surface area contributed by atoms with E-state index in [1.807, 2.05) is 47.6 Å². The smallest absolute Gasteiger partial charge is 0.160 e. The van der Waals surface area contributed by atoms with E-state index in [0.29, 0.717) is 0 Å². The molecule has 0 bridgehead atoms. The van der Waals surface area contributed by atoms with E-state index < -0.39 is 0 Å². The maximum absolute atomic E-state index is 11.1. The molecule has 1 aromatic rings. The Kier molecular flexibility index (Phi) is 16.6. The van der Waals surface area contributed by atoms with Gasteiger partial charge in [0, 0.05) is 5.56 Å². The van der Waals surface area contributed by atoms with Gasteiger partial charge in [-0.25, -0.2) is 0 Å². The van der Waals surface area contributed by atoms with Crippen LogP contribution in [0, 0.1) is 20.8 Å².